The van der Waals surface area contributed by atoms with Crippen LogP contribution in [0.25, 0.3) is 22.3 Å². The molecule has 0 aliphatic heterocycles. The van der Waals surface area contributed by atoms with Gasteiger partial charge >= 0.3 is 0 Å². The average Bonchev–Trinajstić information content (AvgIpc) is 3.01. The van der Waals surface area contributed by atoms with Crippen molar-refractivity contribution in [1.29, 1.82) is 0 Å². The van der Waals surface area contributed by atoms with Crippen molar-refractivity contribution in [3.63, 3.8) is 0 Å². The topological polar surface area (TPSA) is 18.5 Å². The highest BCUT2D eigenvalue weighted by atomic mass is 79.9. The Morgan fingerprint density at radius 3 is 1.02 bits per heavy atom. The Kier molecular flexibility index (Phi) is 7.64. The first-order chi connectivity index (χ1) is 19.6. The third-order valence-corrected chi connectivity index (χ3v) is 8.72. The molecule has 6 rings (SSSR count). The molecule has 2 nitrogen and oxygen atoms in total. The quantitative estimate of drug-likeness (QED) is 0.170. The second-order valence-corrected chi connectivity index (χ2v) is 11.7. The van der Waals surface area contributed by atoms with E-state index in [0.717, 1.165) is 31.6 Å². The molecule has 0 amide bonds. The van der Waals surface area contributed by atoms with E-state index in [-0.39, 0.29) is 11.8 Å². The number of allylic oxidation sites excluding steroid dienone is 2. The number of rotatable bonds is 6. The van der Waals surface area contributed by atoms with E-state index < -0.39 is 0 Å². The van der Waals surface area contributed by atoms with E-state index in [1.165, 1.54) is 33.4 Å². The predicted molar refractivity (Wildman–Crippen MR) is 172 cm³/mol. The summed E-state index contributed by atoms with van der Waals surface area (Å²) in [4.78, 5) is 0. The van der Waals surface area contributed by atoms with Gasteiger partial charge in [-0.15, -0.1) is 0 Å². The molecule has 0 fully saturated rings. The van der Waals surface area contributed by atoms with Crippen LogP contribution >= 0.6 is 31.9 Å². The fourth-order valence-electron chi connectivity index (χ4n) is 5.61. The van der Waals surface area contributed by atoms with Crippen molar-refractivity contribution in [3.05, 3.63) is 153 Å². The molecule has 5 aromatic rings. The van der Waals surface area contributed by atoms with E-state index in [9.17, 15) is 0 Å². The van der Waals surface area contributed by atoms with Crippen molar-refractivity contribution in [1.82, 2.24) is 0 Å². The summed E-state index contributed by atoms with van der Waals surface area (Å²) in [5, 5.41) is 0. The van der Waals surface area contributed by atoms with Gasteiger partial charge in [-0.3, -0.25) is 0 Å². The van der Waals surface area contributed by atoms with Crippen molar-refractivity contribution in [3.8, 4) is 33.8 Å². The number of fused-ring (bicyclic) bond motifs is 1. The van der Waals surface area contributed by atoms with Crippen molar-refractivity contribution >= 4 is 31.9 Å². The molecule has 0 unspecified atom stereocenters. The minimum absolute atomic E-state index is 0.0531. The summed E-state index contributed by atoms with van der Waals surface area (Å²) in [7, 11) is 3.49. The van der Waals surface area contributed by atoms with Gasteiger partial charge < -0.3 is 9.47 Å². The van der Waals surface area contributed by atoms with Crippen LogP contribution in [0.5, 0.6) is 11.5 Å². The summed E-state index contributed by atoms with van der Waals surface area (Å²) in [6, 6.07) is 38.6. The lowest BCUT2D eigenvalue weighted by Gasteiger charge is -2.31. The molecule has 0 radical (unpaired) electrons. The second-order valence-electron chi connectivity index (χ2n) is 9.90. The van der Waals surface area contributed by atoms with Crippen LogP contribution in [0.2, 0.25) is 0 Å². The fraction of sp³-hybridized carbons (Fsp3) is 0.111. The van der Waals surface area contributed by atoms with E-state index >= 15 is 0 Å². The van der Waals surface area contributed by atoms with Gasteiger partial charge in [0, 0.05) is 31.9 Å². The minimum atomic E-state index is 0.0531. The fourth-order valence-corrected chi connectivity index (χ4v) is 6.14. The maximum absolute atomic E-state index is 5.94. The molecule has 1 aliphatic carbocycles. The van der Waals surface area contributed by atoms with Gasteiger partial charge in [0.1, 0.15) is 11.5 Å². The van der Waals surface area contributed by atoms with Crippen LogP contribution in [-0.4, -0.2) is 14.2 Å². The molecule has 0 bridgehead atoms. The largest absolute Gasteiger partial charge is 0.496 e. The standard InChI is InChI=1S/C36H28Br2O2/c1-39-33-21-22-34(40-2)36-32(28-9-5-24(6-10-28)26-13-17-30(38)18-14-26)20-19-31(35(33)36)27-7-3-23(4-8-27)25-11-15-29(37)16-12-25/h3-22,31-32H,1-2H3/t31-,32+. The lowest BCUT2D eigenvalue weighted by Crippen LogP contribution is -2.15. The maximum atomic E-state index is 5.94. The molecule has 1 aliphatic rings. The van der Waals surface area contributed by atoms with E-state index in [0.29, 0.717) is 0 Å². The number of benzene rings is 5. The molecule has 5 aromatic carbocycles. The van der Waals surface area contributed by atoms with Gasteiger partial charge in [-0.1, -0.05) is 117 Å². The van der Waals surface area contributed by atoms with Gasteiger partial charge in [0.15, 0.2) is 0 Å². The molecular weight excluding hydrogens is 624 g/mol. The van der Waals surface area contributed by atoms with Crippen molar-refractivity contribution < 1.29 is 9.47 Å². The van der Waals surface area contributed by atoms with Crippen LogP contribution in [-0.2, 0) is 0 Å². The van der Waals surface area contributed by atoms with Gasteiger partial charge in [0.25, 0.3) is 0 Å². The monoisotopic (exact) mass is 650 g/mol. The van der Waals surface area contributed by atoms with Crippen molar-refractivity contribution in [2.45, 2.75) is 11.8 Å². The highest BCUT2D eigenvalue weighted by Gasteiger charge is 2.31. The summed E-state index contributed by atoms with van der Waals surface area (Å²) in [6.45, 7) is 0. The summed E-state index contributed by atoms with van der Waals surface area (Å²) in [6.07, 6.45) is 4.62. The van der Waals surface area contributed by atoms with Crippen LogP contribution in [0.4, 0.5) is 0 Å². The number of methoxy groups -OCH3 is 2. The van der Waals surface area contributed by atoms with Crippen molar-refractivity contribution in [2.75, 3.05) is 14.2 Å². The lowest BCUT2D eigenvalue weighted by atomic mass is 9.75. The number of halogens is 2. The summed E-state index contributed by atoms with van der Waals surface area (Å²) >= 11 is 7.06. The van der Waals surface area contributed by atoms with E-state index in [4.69, 9.17) is 9.47 Å². The maximum Gasteiger partial charge on any atom is 0.123 e. The zero-order valence-electron chi connectivity index (χ0n) is 22.3. The van der Waals surface area contributed by atoms with Gasteiger partial charge in [-0.25, -0.2) is 0 Å². The van der Waals surface area contributed by atoms with Crippen LogP contribution in [0, 0.1) is 0 Å². The minimum Gasteiger partial charge on any atom is -0.496 e. The zero-order chi connectivity index (χ0) is 27.6. The molecule has 0 aromatic heterocycles. The molecule has 2 atom stereocenters. The Hall–Kier alpha value is -3.60. The Morgan fingerprint density at radius 1 is 0.425 bits per heavy atom. The molecule has 40 heavy (non-hydrogen) atoms. The predicted octanol–water partition coefficient (Wildman–Crippen LogP) is 10.4. The zero-order valence-corrected chi connectivity index (χ0v) is 25.4. The third kappa shape index (κ3) is 5.14. The van der Waals surface area contributed by atoms with Crippen molar-refractivity contribution in [2.24, 2.45) is 0 Å². The van der Waals surface area contributed by atoms with E-state index in [1.54, 1.807) is 14.2 Å². The Labute approximate surface area is 252 Å². The summed E-state index contributed by atoms with van der Waals surface area (Å²) in [5.74, 6) is 1.85. The molecular formula is C36H28Br2O2. The van der Waals surface area contributed by atoms with Crippen LogP contribution < -0.4 is 9.47 Å². The molecule has 198 valence electrons. The van der Waals surface area contributed by atoms with Crippen LogP contribution in [0.3, 0.4) is 0 Å². The first kappa shape index (κ1) is 26.6. The van der Waals surface area contributed by atoms with Gasteiger partial charge in [-0.2, -0.15) is 0 Å². The number of ether oxygens (including phenoxy) is 2. The first-order valence-corrected chi connectivity index (χ1v) is 14.8. The van der Waals surface area contributed by atoms with Gasteiger partial charge in [0.05, 0.1) is 14.2 Å². The number of hydrogen-bond donors (Lipinski definition) is 0. The molecule has 0 saturated carbocycles. The third-order valence-electron chi connectivity index (χ3n) is 7.66. The molecule has 0 heterocycles. The second kappa shape index (κ2) is 11.5. The van der Waals surface area contributed by atoms with E-state index in [2.05, 4.69) is 141 Å². The summed E-state index contributed by atoms with van der Waals surface area (Å²) in [5.41, 5.74) is 9.52. The van der Waals surface area contributed by atoms with E-state index in [1.807, 2.05) is 12.1 Å². The molecule has 0 N–H and O–H groups in total. The highest BCUT2D eigenvalue weighted by molar-refractivity contribution is 9.10. The first-order valence-electron chi connectivity index (χ1n) is 13.2. The van der Waals surface area contributed by atoms with Crippen LogP contribution in [0.1, 0.15) is 34.1 Å². The summed E-state index contributed by atoms with van der Waals surface area (Å²) < 4.78 is 14.0. The smallest absolute Gasteiger partial charge is 0.123 e. The average molecular weight is 652 g/mol. The molecule has 4 heteroatoms. The molecule has 0 saturated heterocycles. The van der Waals surface area contributed by atoms with Crippen LogP contribution in [0.15, 0.2) is 130 Å². The normalized spacial score (nSPS) is 15.9. The SMILES string of the molecule is COc1ccc(OC)c2c1[C@@H](c1ccc(-c3ccc(Br)cc3)cc1)C=C[C@H]2c1ccc(-c2ccc(Br)cc2)cc1. The Balaban J connectivity index is 1.39. The molecule has 0 spiro atoms. The number of hydrogen-bond acceptors (Lipinski definition) is 2. The van der Waals surface area contributed by atoms with Gasteiger partial charge in [-0.05, 0) is 69.8 Å². The van der Waals surface area contributed by atoms with Gasteiger partial charge in [0.2, 0.25) is 0 Å². The Morgan fingerprint density at radius 2 is 0.725 bits per heavy atom. The Bertz CT molecular complexity index is 1530. The lowest BCUT2D eigenvalue weighted by molar-refractivity contribution is 0.392. The highest BCUT2D eigenvalue weighted by Crippen LogP contribution is 2.49.